The molecule has 0 saturated carbocycles. The molecule has 2 rings (SSSR count). The Morgan fingerprint density at radius 2 is 2.23 bits per heavy atom. The number of amides is 1. The molecule has 1 aromatic carbocycles. The van der Waals surface area contributed by atoms with Gasteiger partial charge in [0.15, 0.2) is 0 Å². The molecule has 8 heteroatoms. The average Bonchev–Trinajstić information content (AvgIpc) is 2.89. The third-order valence-electron chi connectivity index (χ3n) is 2.84. The Labute approximate surface area is 143 Å². The van der Waals surface area contributed by atoms with Crippen molar-refractivity contribution in [2.75, 3.05) is 5.32 Å². The molecule has 0 fully saturated rings. The van der Waals surface area contributed by atoms with E-state index in [2.05, 4.69) is 27.4 Å². The number of nitrogens with zero attached hydrogens (tertiary/aromatic N) is 2. The molecule has 0 aliphatic rings. The van der Waals surface area contributed by atoms with Gasteiger partial charge in [0.05, 0.1) is 16.0 Å². The number of anilines is 1. The van der Waals surface area contributed by atoms with Crippen LogP contribution in [0, 0.1) is 0 Å². The Balaban J connectivity index is 1.96. The first-order chi connectivity index (χ1) is 10.5. The van der Waals surface area contributed by atoms with E-state index in [1.165, 1.54) is 11.8 Å². The Hall–Kier alpha value is -1.24. The maximum atomic E-state index is 12.2. The summed E-state index contributed by atoms with van der Waals surface area (Å²) in [5, 5.41) is 10.9. The number of H-pyrrole nitrogens is 1. The first kappa shape index (κ1) is 17.1. The molecule has 0 aliphatic carbocycles. The topological polar surface area (TPSA) is 70.7 Å². The maximum absolute atomic E-state index is 12.2. The van der Waals surface area contributed by atoms with E-state index in [0.717, 1.165) is 18.7 Å². The van der Waals surface area contributed by atoms with Crippen molar-refractivity contribution in [2.45, 2.75) is 37.1 Å². The summed E-state index contributed by atoms with van der Waals surface area (Å²) in [6.45, 7) is 3.86. The van der Waals surface area contributed by atoms with Gasteiger partial charge in [-0.25, -0.2) is 4.98 Å². The van der Waals surface area contributed by atoms with E-state index in [-0.39, 0.29) is 11.2 Å². The zero-order valence-electron chi connectivity index (χ0n) is 12.2. The number of hydrogen-bond donors (Lipinski definition) is 2. The molecule has 1 aromatic heterocycles. The van der Waals surface area contributed by atoms with E-state index in [4.69, 9.17) is 23.2 Å². The van der Waals surface area contributed by atoms with Gasteiger partial charge in [0.25, 0.3) is 0 Å². The zero-order chi connectivity index (χ0) is 16.1. The van der Waals surface area contributed by atoms with Gasteiger partial charge in [-0.3, -0.25) is 9.89 Å². The van der Waals surface area contributed by atoms with Crippen LogP contribution in [0.4, 0.5) is 5.69 Å². The van der Waals surface area contributed by atoms with Crippen LogP contribution in [0.1, 0.15) is 26.1 Å². The summed E-state index contributed by atoms with van der Waals surface area (Å²) in [6.07, 6.45) is 1.83. The fourth-order valence-electron chi connectivity index (χ4n) is 1.72. The lowest BCUT2D eigenvalue weighted by atomic mass is 10.3. The van der Waals surface area contributed by atoms with Gasteiger partial charge in [0, 0.05) is 11.4 Å². The molecule has 1 amide bonds. The van der Waals surface area contributed by atoms with Crippen molar-refractivity contribution < 1.29 is 4.79 Å². The first-order valence-electron chi connectivity index (χ1n) is 6.83. The number of carbonyl (C=O) groups excluding carboxylic acids is 1. The Bertz CT molecular complexity index is 662. The molecular weight excluding hydrogens is 343 g/mol. The predicted molar refractivity (Wildman–Crippen MR) is 90.8 cm³/mol. The lowest BCUT2D eigenvalue weighted by Gasteiger charge is -2.11. The fraction of sp³-hybridized carbons (Fsp3) is 0.357. The third kappa shape index (κ3) is 4.63. The minimum absolute atomic E-state index is 0.170. The van der Waals surface area contributed by atoms with E-state index in [1.807, 2.05) is 0 Å². The number of carbonyl (C=O) groups is 1. The van der Waals surface area contributed by atoms with Gasteiger partial charge in [-0.05, 0) is 31.5 Å². The quantitative estimate of drug-likeness (QED) is 0.759. The van der Waals surface area contributed by atoms with Crippen molar-refractivity contribution in [3.63, 3.8) is 0 Å². The molecule has 2 N–H and O–H groups in total. The highest BCUT2D eigenvalue weighted by atomic mass is 35.5. The van der Waals surface area contributed by atoms with Crippen LogP contribution in [0.2, 0.25) is 10.0 Å². The van der Waals surface area contributed by atoms with Gasteiger partial charge in [0.1, 0.15) is 5.82 Å². The molecule has 22 heavy (non-hydrogen) atoms. The molecule has 1 atom stereocenters. The highest BCUT2D eigenvalue weighted by Crippen LogP contribution is 2.27. The van der Waals surface area contributed by atoms with E-state index >= 15 is 0 Å². The standard InChI is InChI=1S/C14H16Cl2N4OS/c1-3-4-12-18-14(20-19-12)22-8(2)13(21)17-11-6-5-9(15)7-10(11)16/h5-8H,3-4H2,1-2H3,(H,17,21)(H,18,19,20)/t8-/m1/s1. The third-order valence-corrected chi connectivity index (χ3v) is 4.35. The SMILES string of the molecule is CCCc1nc(S[C@H](C)C(=O)Nc2ccc(Cl)cc2Cl)n[nH]1. The number of aryl methyl sites for hydroxylation is 1. The molecule has 0 radical (unpaired) electrons. The summed E-state index contributed by atoms with van der Waals surface area (Å²) in [7, 11) is 0. The molecular formula is C14H16Cl2N4OS. The van der Waals surface area contributed by atoms with E-state index in [1.54, 1.807) is 25.1 Å². The summed E-state index contributed by atoms with van der Waals surface area (Å²) in [5.74, 6) is 0.661. The van der Waals surface area contributed by atoms with Crippen molar-refractivity contribution in [2.24, 2.45) is 0 Å². The van der Waals surface area contributed by atoms with Crippen LogP contribution < -0.4 is 5.32 Å². The summed E-state index contributed by atoms with van der Waals surface area (Å²) in [5.41, 5.74) is 0.533. The van der Waals surface area contributed by atoms with Crippen molar-refractivity contribution >= 4 is 46.6 Å². The van der Waals surface area contributed by atoms with Crippen LogP contribution in [-0.4, -0.2) is 26.3 Å². The van der Waals surface area contributed by atoms with Crippen LogP contribution in [0.5, 0.6) is 0 Å². The lowest BCUT2D eigenvalue weighted by Crippen LogP contribution is -2.22. The predicted octanol–water partition coefficient (Wildman–Crippen LogP) is 4.18. The number of hydrogen-bond acceptors (Lipinski definition) is 4. The van der Waals surface area contributed by atoms with Crippen LogP contribution in [0.25, 0.3) is 0 Å². The van der Waals surface area contributed by atoms with Crippen LogP contribution in [0.15, 0.2) is 23.4 Å². The van der Waals surface area contributed by atoms with Gasteiger partial charge < -0.3 is 5.32 Å². The monoisotopic (exact) mass is 358 g/mol. The van der Waals surface area contributed by atoms with Gasteiger partial charge in [0.2, 0.25) is 11.1 Å². The number of benzene rings is 1. The Morgan fingerprint density at radius 1 is 1.45 bits per heavy atom. The Kier molecular flexibility index (Phi) is 6.11. The number of aromatic amines is 1. The molecule has 0 bridgehead atoms. The van der Waals surface area contributed by atoms with Crippen LogP contribution >= 0.6 is 35.0 Å². The minimum Gasteiger partial charge on any atom is -0.324 e. The summed E-state index contributed by atoms with van der Waals surface area (Å²) >= 11 is 13.2. The molecule has 0 spiro atoms. The number of nitrogens with one attached hydrogen (secondary N) is 2. The van der Waals surface area contributed by atoms with E-state index in [9.17, 15) is 4.79 Å². The number of thioether (sulfide) groups is 1. The number of halogens is 2. The summed E-state index contributed by atoms with van der Waals surface area (Å²) in [4.78, 5) is 16.5. The summed E-state index contributed by atoms with van der Waals surface area (Å²) in [6, 6.07) is 4.93. The minimum atomic E-state index is -0.350. The zero-order valence-corrected chi connectivity index (χ0v) is 14.5. The van der Waals surface area contributed by atoms with E-state index in [0.29, 0.717) is 20.9 Å². The maximum Gasteiger partial charge on any atom is 0.237 e. The van der Waals surface area contributed by atoms with Crippen LogP contribution in [0.3, 0.4) is 0 Å². The fourth-order valence-corrected chi connectivity index (χ4v) is 2.92. The molecule has 2 aromatic rings. The second-order valence-corrected chi connectivity index (χ2v) is 6.84. The molecule has 1 heterocycles. The van der Waals surface area contributed by atoms with E-state index < -0.39 is 0 Å². The molecule has 0 aliphatic heterocycles. The van der Waals surface area contributed by atoms with Crippen LogP contribution in [-0.2, 0) is 11.2 Å². The molecule has 5 nitrogen and oxygen atoms in total. The Morgan fingerprint density at radius 3 is 2.91 bits per heavy atom. The van der Waals surface area contributed by atoms with Crippen molar-refractivity contribution in [1.29, 1.82) is 0 Å². The molecule has 0 saturated heterocycles. The highest BCUT2D eigenvalue weighted by Gasteiger charge is 2.18. The molecule has 118 valence electrons. The lowest BCUT2D eigenvalue weighted by molar-refractivity contribution is -0.115. The largest absolute Gasteiger partial charge is 0.324 e. The van der Waals surface area contributed by atoms with Gasteiger partial charge in [-0.1, -0.05) is 41.9 Å². The first-order valence-corrected chi connectivity index (χ1v) is 8.47. The second kappa shape index (κ2) is 7.85. The number of aromatic nitrogens is 3. The normalized spacial score (nSPS) is 12.2. The number of rotatable bonds is 6. The van der Waals surface area contributed by atoms with Gasteiger partial charge >= 0.3 is 0 Å². The van der Waals surface area contributed by atoms with Gasteiger partial charge in [-0.15, -0.1) is 5.10 Å². The van der Waals surface area contributed by atoms with Crippen molar-refractivity contribution in [3.05, 3.63) is 34.1 Å². The van der Waals surface area contributed by atoms with Crippen molar-refractivity contribution in [3.8, 4) is 0 Å². The average molecular weight is 359 g/mol. The summed E-state index contributed by atoms with van der Waals surface area (Å²) < 4.78 is 0. The highest BCUT2D eigenvalue weighted by molar-refractivity contribution is 8.00. The second-order valence-electron chi connectivity index (χ2n) is 4.69. The smallest absolute Gasteiger partial charge is 0.237 e. The van der Waals surface area contributed by atoms with Crippen molar-refractivity contribution in [1.82, 2.24) is 15.2 Å². The molecule has 0 unspecified atom stereocenters. The van der Waals surface area contributed by atoms with Gasteiger partial charge in [-0.2, -0.15) is 0 Å².